The van der Waals surface area contributed by atoms with Gasteiger partial charge in [0.25, 0.3) is 0 Å². The van der Waals surface area contributed by atoms with E-state index in [4.69, 9.17) is 10.2 Å². The number of nitrogens with two attached hydrogens (primary N) is 1. The van der Waals surface area contributed by atoms with Crippen molar-refractivity contribution in [3.63, 3.8) is 0 Å². The van der Waals surface area contributed by atoms with E-state index < -0.39 is 0 Å². The third kappa shape index (κ3) is 1.87. The Morgan fingerprint density at radius 1 is 1.05 bits per heavy atom. The van der Waals surface area contributed by atoms with Crippen molar-refractivity contribution in [2.24, 2.45) is 0 Å². The average molecular weight is 276 g/mol. The van der Waals surface area contributed by atoms with Gasteiger partial charge in [-0.15, -0.1) is 0 Å². The van der Waals surface area contributed by atoms with Gasteiger partial charge in [0.15, 0.2) is 11.6 Å². The van der Waals surface area contributed by atoms with Crippen LogP contribution in [0.4, 0.5) is 5.82 Å². The van der Waals surface area contributed by atoms with Gasteiger partial charge in [0, 0.05) is 11.6 Å². The first kappa shape index (κ1) is 11.7. The Labute approximate surface area is 120 Å². The minimum Gasteiger partial charge on any atom is -0.454 e. The van der Waals surface area contributed by atoms with Crippen molar-refractivity contribution in [3.05, 3.63) is 54.7 Å². The molecule has 0 aliphatic heterocycles. The molecule has 21 heavy (non-hydrogen) atoms. The number of H-pyrrole nitrogens is 1. The van der Waals surface area contributed by atoms with Gasteiger partial charge in [-0.1, -0.05) is 24.3 Å². The fourth-order valence-corrected chi connectivity index (χ4v) is 2.41. The van der Waals surface area contributed by atoms with E-state index >= 15 is 0 Å². The number of fused-ring (bicyclic) bond motifs is 1. The molecule has 0 aliphatic rings. The normalized spacial score (nSPS) is 11.0. The topological polar surface area (TPSA) is 80.7 Å². The molecule has 0 spiro atoms. The predicted molar refractivity (Wildman–Crippen MR) is 81.4 cm³/mol. The van der Waals surface area contributed by atoms with Crippen LogP contribution in [-0.2, 0) is 0 Å². The second-order valence-electron chi connectivity index (χ2n) is 4.72. The van der Waals surface area contributed by atoms with Gasteiger partial charge in [0.1, 0.15) is 11.3 Å². The number of benzene rings is 1. The SMILES string of the molecule is Nc1n[nH]c(-c2cc3ccccc3o2)c1-c1ccccn1. The highest BCUT2D eigenvalue weighted by Gasteiger charge is 2.18. The second-order valence-corrected chi connectivity index (χ2v) is 4.72. The van der Waals surface area contributed by atoms with Gasteiger partial charge in [-0.3, -0.25) is 10.1 Å². The number of nitrogens with zero attached hydrogens (tertiary/aromatic N) is 2. The summed E-state index contributed by atoms with van der Waals surface area (Å²) in [6, 6.07) is 15.5. The Morgan fingerprint density at radius 3 is 2.71 bits per heavy atom. The number of pyridine rings is 1. The summed E-state index contributed by atoms with van der Waals surface area (Å²) in [4.78, 5) is 4.34. The van der Waals surface area contributed by atoms with Crippen LogP contribution in [0.5, 0.6) is 0 Å². The fourth-order valence-electron chi connectivity index (χ4n) is 2.41. The molecule has 5 nitrogen and oxygen atoms in total. The predicted octanol–water partition coefficient (Wildman–Crippen LogP) is 3.47. The number of furan rings is 1. The summed E-state index contributed by atoms with van der Waals surface area (Å²) in [5.41, 5.74) is 9.07. The van der Waals surface area contributed by atoms with E-state index in [1.54, 1.807) is 6.20 Å². The number of aromatic amines is 1. The van der Waals surface area contributed by atoms with Crippen molar-refractivity contribution in [2.45, 2.75) is 0 Å². The Morgan fingerprint density at radius 2 is 1.90 bits per heavy atom. The molecule has 0 unspecified atom stereocenters. The van der Waals surface area contributed by atoms with E-state index in [2.05, 4.69) is 15.2 Å². The van der Waals surface area contributed by atoms with Crippen LogP contribution in [0.3, 0.4) is 0 Å². The van der Waals surface area contributed by atoms with Crippen LogP contribution in [0.2, 0.25) is 0 Å². The van der Waals surface area contributed by atoms with Crippen LogP contribution in [0, 0.1) is 0 Å². The summed E-state index contributed by atoms with van der Waals surface area (Å²) in [6.45, 7) is 0. The minimum absolute atomic E-state index is 0.407. The molecule has 1 aromatic carbocycles. The Hall–Kier alpha value is -3.08. The summed E-state index contributed by atoms with van der Waals surface area (Å²) in [5, 5.41) is 8.07. The Kier molecular flexibility index (Phi) is 2.50. The highest BCUT2D eigenvalue weighted by Crippen LogP contribution is 2.35. The smallest absolute Gasteiger partial charge is 0.155 e. The van der Waals surface area contributed by atoms with Gasteiger partial charge >= 0.3 is 0 Å². The average Bonchev–Trinajstić information content (AvgIpc) is 3.11. The zero-order valence-electron chi connectivity index (χ0n) is 11.1. The van der Waals surface area contributed by atoms with Crippen LogP contribution in [0.15, 0.2) is 59.1 Å². The quantitative estimate of drug-likeness (QED) is 0.587. The molecule has 4 aromatic rings. The van der Waals surface area contributed by atoms with Crippen LogP contribution in [-0.4, -0.2) is 15.2 Å². The number of nitrogens with one attached hydrogen (secondary N) is 1. The number of rotatable bonds is 2. The van der Waals surface area contributed by atoms with Crippen molar-refractivity contribution in [2.75, 3.05) is 5.73 Å². The third-order valence-corrected chi connectivity index (χ3v) is 3.39. The fraction of sp³-hybridized carbons (Fsp3) is 0. The number of hydrogen-bond donors (Lipinski definition) is 2. The van der Waals surface area contributed by atoms with Crippen molar-refractivity contribution in [3.8, 4) is 22.7 Å². The first-order valence-corrected chi connectivity index (χ1v) is 6.57. The molecule has 3 heterocycles. The molecule has 4 rings (SSSR count). The molecule has 5 heteroatoms. The molecule has 3 aromatic heterocycles. The first-order valence-electron chi connectivity index (χ1n) is 6.57. The Bertz CT molecular complexity index is 875. The largest absolute Gasteiger partial charge is 0.454 e. The first-order chi connectivity index (χ1) is 10.3. The molecule has 0 radical (unpaired) electrons. The lowest BCUT2D eigenvalue weighted by molar-refractivity contribution is 0.628. The molecule has 0 fully saturated rings. The lowest BCUT2D eigenvalue weighted by Gasteiger charge is -2.00. The van der Waals surface area contributed by atoms with Crippen LogP contribution < -0.4 is 5.73 Å². The zero-order chi connectivity index (χ0) is 14.2. The summed E-state index contributed by atoms with van der Waals surface area (Å²) < 4.78 is 5.87. The van der Waals surface area contributed by atoms with Gasteiger partial charge in [-0.05, 0) is 24.3 Å². The maximum Gasteiger partial charge on any atom is 0.155 e. The molecular formula is C16H12N4O. The number of nitrogen functional groups attached to an aromatic ring is 1. The van der Waals surface area contributed by atoms with Crippen molar-refractivity contribution >= 4 is 16.8 Å². The molecule has 0 saturated heterocycles. The van der Waals surface area contributed by atoms with Gasteiger partial charge in [0.2, 0.25) is 0 Å². The maximum absolute atomic E-state index is 5.98. The van der Waals surface area contributed by atoms with Crippen LogP contribution in [0.1, 0.15) is 0 Å². The standard InChI is InChI=1S/C16H12N4O/c17-16-14(11-6-3-4-8-18-11)15(19-20-16)13-9-10-5-1-2-7-12(10)21-13/h1-9H,(H3,17,19,20). The number of hydrogen-bond acceptors (Lipinski definition) is 4. The molecular weight excluding hydrogens is 264 g/mol. The van der Waals surface area contributed by atoms with E-state index in [0.29, 0.717) is 11.6 Å². The highest BCUT2D eigenvalue weighted by molar-refractivity contribution is 5.89. The minimum atomic E-state index is 0.407. The lowest BCUT2D eigenvalue weighted by Crippen LogP contribution is -1.90. The van der Waals surface area contributed by atoms with E-state index in [-0.39, 0.29) is 0 Å². The number of para-hydroxylation sites is 1. The summed E-state index contributed by atoms with van der Waals surface area (Å²) in [7, 11) is 0. The summed E-state index contributed by atoms with van der Waals surface area (Å²) >= 11 is 0. The summed E-state index contributed by atoms with van der Waals surface area (Å²) in [5.74, 6) is 1.10. The molecule has 0 amide bonds. The van der Waals surface area contributed by atoms with Crippen molar-refractivity contribution < 1.29 is 4.42 Å². The van der Waals surface area contributed by atoms with Gasteiger partial charge in [-0.25, -0.2) is 0 Å². The molecule has 3 N–H and O–H groups in total. The monoisotopic (exact) mass is 276 g/mol. The zero-order valence-corrected chi connectivity index (χ0v) is 11.1. The van der Waals surface area contributed by atoms with E-state index in [1.165, 1.54) is 0 Å². The third-order valence-electron chi connectivity index (χ3n) is 3.39. The maximum atomic E-state index is 5.98. The van der Waals surface area contributed by atoms with Crippen LogP contribution >= 0.6 is 0 Å². The molecule has 102 valence electrons. The summed E-state index contributed by atoms with van der Waals surface area (Å²) in [6.07, 6.45) is 1.73. The number of anilines is 1. The molecule has 0 aliphatic carbocycles. The molecule has 0 saturated carbocycles. The second kappa shape index (κ2) is 4.49. The van der Waals surface area contributed by atoms with Crippen LogP contribution in [0.25, 0.3) is 33.7 Å². The Balaban J connectivity index is 1.93. The lowest BCUT2D eigenvalue weighted by atomic mass is 10.1. The number of aromatic nitrogens is 3. The van der Waals surface area contributed by atoms with E-state index in [1.807, 2.05) is 48.5 Å². The van der Waals surface area contributed by atoms with Gasteiger partial charge in [-0.2, -0.15) is 5.10 Å². The molecule has 0 atom stereocenters. The van der Waals surface area contributed by atoms with Crippen molar-refractivity contribution in [1.29, 1.82) is 0 Å². The van der Waals surface area contributed by atoms with Crippen molar-refractivity contribution in [1.82, 2.24) is 15.2 Å². The molecule has 0 bridgehead atoms. The van der Waals surface area contributed by atoms with E-state index in [9.17, 15) is 0 Å². The van der Waals surface area contributed by atoms with E-state index in [0.717, 1.165) is 27.9 Å². The van der Waals surface area contributed by atoms with Gasteiger partial charge in [0.05, 0.1) is 11.3 Å². The highest BCUT2D eigenvalue weighted by atomic mass is 16.3. The van der Waals surface area contributed by atoms with Gasteiger partial charge < -0.3 is 10.2 Å².